The van der Waals surface area contributed by atoms with Gasteiger partial charge in [0, 0.05) is 30.5 Å². The minimum Gasteiger partial charge on any atom is -0.384 e. The molecule has 2 heterocycles. The number of aryl methyl sites for hydroxylation is 3. The van der Waals surface area contributed by atoms with E-state index in [0.29, 0.717) is 24.5 Å². The zero-order valence-electron chi connectivity index (χ0n) is 18.2. The van der Waals surface area contributed by atoms with Crippen molar-refractivity contribution in [3.63, 3.8) is 0 Å². The molecule has 31 heavy (non-hydrogen) atoms. The Kier molecular flexibility index (Phi) is 7.07. The van der Waals surface area contributed by atoms with Gasteiger partial charge in [-0.1, -0.05) is 30.3 Å². The lowest BCUT2D eigenvalue weighted by atomic mass is 10.1. The number of aromatic nitrogens is 2. The molecule has 0 saturated carbocycles. The van der Waals surface area contributed by atoms with Crippen LogP contribution in [0.3, 0.4) is 0 Å². The second-order valence-corrected chi connectivity index (χ2v) is 7.68. The lowest BCUT2D eigenvalue weighted by Gasteiger charge is -2.14. The number of carbonyl (C=O) groups is 1. The number of nitrogens with two attached hydrogens (primary N) is 1. The predicted octanol–water partition coefficient (Wildman–Crippen LogP) is 2.40. The van der Waals surface area contributed by atoms with Crippen LogP contribution >= 0.6 is 0 Å². The Balaban J connectivity index is 1.63. The molecule has 7 heteroatoms. The molecule has 0 saturated heterocycles. The maximum absolute atomic E-state index is 12.9. The van der Waals surface area contributed by atoms with Crippen LogP contribution < -0.4 is 22.0 Å². The molecule has 3 aromatic rings. The zero-order chi connectivity index (χ0) is 22.4. The Morgan fingerprint density at radius 2 is 1.81 bits per heavy atom. The summed E-state index contributed by atoms with van der Waals surface area (Å²) in [5, 5.41) is 2.90. The van der Waals surface area contributed by atoms with Crippen LogP contribution in [0.25, 0.3) is 0 Å². The van der Waals surface area contributed by atoms with Crippen molar-refractivity contribution in [2.45, 2.75) is 40.2 Å². The molecule has 1 amide bonds. The fourth-order valence-electron chi connectivity index (χ4n) is 3.54. The molecule has 0 aliphatic rings. The van der Waals surface area contributed by atoms with Gasteiger partial charge in [-0.05, 0) is 61.6 Å². The van der Waals surface area contributed by atoms with Gasteiger partial charge < -0.3 is 16.5 Å². The van der Waals surface area contributed by atoms with Gasteiger partial charge in [0.1, 0.15) is 5.82 Å². The first-order valence-electron chi connectivity index (χ1n) is 10.3. The molecule has 2 aromatic heterocycles. The Morgan fingerprint density at radius 3 is 2.52 bits per heavy atom. The van der Waals surface area contributed by atoms with E-state index in [1.165, 1.54) is 10.2 Å². The Hall–Kier alpha value is -3.61. The number of benzene rings is 1. The number of anilines is 1. The summed E-state index contributed by atoms with van der Waals surface area (Å²) in [6.45, 7) is 6.61. The monoisotopic (exact) mass is 419 g/mol. The van der Waals surface area contributed by atoms with E-state index in [9.17, 15) is 9.59 Å². The highest BCUT2D eigenvalue weighted by atomic mass is 16.2. The molecular formula is C24H29N5O2. The molecule has 0 fully saturated rings. The quantitative estimate of drug-likeness (QED) is 0.520. The molecule has 7 nitrogen and oxygen atoms in total. The third-order valence-electron chi connectivity index (χ3n) is 5.34. The molecule has 0 aliphatic carbocycles. The summed E-state index contributed by atoms with van der Waals surface area (Å²) in [5.74, 6) is 0.253. The molecule has 0 spiro atoms. The van der Waals surface area contributed by atoms with Crippen LogP contribution in [0, 0.1) is 20.8 Å². The van der Waals surface area contributed by atoms with Gasteiger partial charge in [-0.2, -0.15) is 0 Å². The SMILES string of the molecule is Cc1cc(N)nc(C)c1CNC(=O)Cc1c(C)ccn(NCCc2ccccc2)c1=O. The summed E-state index contributed by atoms with van der Waals surface area (Å²) in [7, 11) is 0. The standard InChI is InChI=1S/C24H29N5O2/c1-16-10-12-29(27-11-9-19-7-5-4-6-8-19)24(31)20(16)14-23(30)26-15-21-17(2)13-22(25)28-18(21)3/h4-8,10,12-13,27H,9,11,14-15H2,1-3H3,(H2,25,28)(H,26,30). The normalized spacial score (nSPS) is 10.7. The zero-order valence-corrected chi connectivity index (χ0v) is 18.2. The van der Waals surface area contributed by atoms with Crippen molar-refractivity contribution in [1.82, 2.24) is 15.0 Å². The lowest BCUT2D eigenvalue weighted by Crippen LogP contribution is -2.35. The van der Waals surface area contributed by atoms with Gasteiger partial charge in [-0.3, -0.25) is 9.59 Å². The number of nitrogens with zero attached hydrogens (tertiary/aromatic N) is 2. The summed E-state index contributed by atoms with van der Waals surface area (Å²) in [4.78, 5) is 29.7. The van der Waals surface area contributed by atoms with Crippen LogP contribution in [-0.2, 0) is 24.2 Å². The van der Waals surface area contributed by atoms with Gasteiger partial charge in [-0.25, -0.2) is 9.66 Å². The summed E-state index contributed by atoms with van der Waals surface area (Å²) in [6.07, 6.45) is 2.52. The van der Waals surface area contributed by atoms with Crippen molar-refractivity contribution in [1.29, 1.82) is 0 Å². The smallest absolute Gasteiger partial charge is 0.272 e. The number of hydrogen-bond donors (Lipinski definition) is 3. The summed E-state index contributed by atoms with van der Waals surface area (Å²) in [6, 6.07) is 13.7. The first-order valence-corrected chi connectivity index (χ1v) is 10.3. The molecule has 162 valence electrons. The number of carbonyl (C=O) groups excluding carboxylic acids is 1. The van der Waals surface area contributed by atoms with Crippen LogP contribution in [0.4, 0.5) is 5.82 Å². The van der Waals surface area contributed by atoms with Gasteiger partial charge in [0.15, 0.2) is 0 Å². The van der Waals surface area contributed by atoms with Crippen LogP contribution in [0.2, 0.25) is 0 Å². The van der Waals surface area contributed by atoms with Gasteiger partial charge in [0.05, 0.1) is 6.42 Å². The van der Waals surface area contributed by atoms with Gasteiger partial charge in [0.2, 0.25) is 5.91 Å². The average molecular weight is 420 g/mol. The molecule has 0 aliphatic heterocycles. The highest BCUT2D eigenvalue weighted by molar-refractivity contribution is 5.78. The van der Waals surface area contributed by atoms with E-state index >= 15 is 0 Å². The molecule has 0 bridgehead atoms. The Morgan fingerprint density at radius 1 is 1.06 bits per heavy atom. The first-order chi connectivity index (χ1) is 14.8. The molecule has 0 radical (unpaired) electrons. The van der Waals surface area contributed by atoms with Crippen molar-refractivity contribution in [3.8, 4) is 0 Å². The van der Waals surface area contributed by atoms with Crippen LogP contribution in [0.15, 0.2) is 53.5 Å². The van der Waals surface area contributed by atoms with Gasteiger partial charge in [-0.15, -0.1) is 0 Å². The highest BCUT2D eigenvalue weighted by Gasteiger charge is 2.13. The maximum Gasteiger partial charge on any atom is 0.272 e. The number of pyridine rings is 2. The molecule has 0 atom stereocenters. The third-order valence-corrected chi connectivity index (χ3v) is 5.34. The topological polar surface area (TPSA) is 102 Å². The fourth-order valence-corrected chi connectivity index (χ4v) is 3.54. The molecule has 4 N–H and O–H groups in total. The van der Waals surface area contributed by atoms with Crippen molar-refractivity contribution in [2.24, 2.45) is 0 Å². The van der Waals surface area contributed by atoms with Gasteiger partial charge >= 0.3 is 0 Å². The van der Waals surface area contributed by atoms with Crippen LogP contribution in [0.5, 0.6) is 0 Å². The van der Waals surface area contributed by atoms with E-state index in [0.717, 1.165) is 28.8 Å². The second kappa shape index (κ2) is 9.93. The number of hydrogen-bond acceptors (Lipinski definition) is 5. The van der Waals surface area contributed by atoms with Crippen molar-refractivity contribution >= 4 is 11.7 Å². The molecule has 1 aromatic carbocycles. The molecular weight excluding hydrogens is 390 g/mol. The third kappa shape index (κ3) is 5.72. The van der Waals surface area contributed by atoms with Crippen molar-refractivity contribution in [3.05, 3.63) is 92.5 Å². The highest BCUT2D eigenvalue weighted by Crippen LogP contribution is 2.14. The summed E-state index contributed by atoms with van der Waals surface area (Å²) >= 11 is 0. The Bertz CT molecular complexity index is 1100. The fraction of sp³-hybridized carbons (Fsp3) is 0.292. The summed E-state index contributed by atoms with van der Waals surface area (Å²) in [5.41, 5.74) is 13.9. The molecule has 0 unspecified atom stereocenters. The van der Waals surface area contributed by atoms with E-state index in [-0.39, 0.29) is 17.9 Å². The number of nitrogen functional groups attached to an aromatic ring is 1. The maximum atomic E-state index is 12.9. The first kappa shape index (κ1) is 22.1. The van der Waals surface area contributed by atoms with E-state index in [2.05, 4.69) is 27.9 Å². The van der Waals surface area contributed by atoms with E-state index in [1.54, 1.807) is 12.3 Å². The van der Waals surface area contributed by atoms with E-state index < -0.39 is 0 Å². The molecule has 3 rings (SSSR count). The van der Waals surface area contributed by atoms with Crippen molar-refractivity contribution < 1.29 is 4.79 Å². The predicted molar refractivity (Wildman–Crippen MR) is 123 cm³/mol. The second-order valence-electron chi connectivity index (χ2n) is 7.68. The van der Waals surface area contributed by atoms with Gasteiger partial charge in [0.25, 0.3) is 5.56 Å². The van der Waals surface area contributed by atoms with E-state index in [1.807, 2.05) is 45.0 Å². The Labute approximate surface area is 182 Å². The number of rotatable bonds is 8. The van der Waals surface area contributed by atoms with Crippen LogP contribution in [-0.4, -0.2) is 22.1 Å². The average Bonchev–Trinajstić information content (AvgIpc) is 2.73. The minimum atomic E-state index is -0.210. The number of amides is 1. The summed E-state index contributed by atoms with van der Waals surface area (Å²) < 4.78 is 1.46. The van der Waals surface area contributed by atoms with Crippen LogP contribution in [0.1, 0.15) is 33.5 Å². The largest absolute Gasteiger partial charge is 0.384 e. The van der Waals surface area contributed by atoms with Crippen molar-refractivity contribution in [2.75, 3.05) is 17.7 Å². The minimum absolute atomic E-state index is 0.0202. The van der Waals surface area contributed by atoms with E-state index in [4.69, 9.17) is 5.73 Å². The number of nitrogens with one attached hydrogen (secondary N) is 2. The lowest BCUT2D eigenvalue weighted by molar-refractivity contribution is -0.120.